The summed E-state index contributed by atoms with van der Waals surface area (Å²) in [6, 6.07) is 3.79. The lowest BCUT2D eigenvalue weighted by molar-refractivity contribution is -0.128. The Hall–Kier alpha value is -3.20. The Morgan fingerprint density at radius 3 is 2.64 bits per heavy atom. The molecule has 0 atom stereocenters. The molecule has 1 aliphatic rings. The highest BCUT2D eigenvalue weighted by atomic mass is 35.5. The summed E-state index contributed by atoms with van der Waals surface area (Å²) >= 11 is 6.11. The predicted octanol–water partition coefficient (Wildman–Crippen LogP) is 2.41. The maximum Gasteiger partial charge on any atom is 0.316 e. The summed E-state index contributed by atoms with van der Waals surface area (Å²) in [7, 11) is 0. The van der Waals surface area contributed by atoms with Crippen molar-refractivity contribution in [2.75, 3.05) is 30.3 Å². The lowest BCUT2D eigenvalue weighted by Gasteiger charge is -2.20. The molecular weight excluding hydrogens is 386 g/mol. The van der Waals surface area contributed by atoms with Crippen LogP contribution in [0.3, 0.4) is 0 Å². The molecule has 9 nitrogen and oxygen atoms in total. The standard InChI is InChI=1S/C18H20ClN5O4/c19-12-8-13(22-17(26)11-3-4-21-10-11)16(14(9-12)23-18(20)27)28-7-6-24-5-1-2-15(24)25/h3-4,8-10,21H,1-2,5-7H2,(H,22,26)(H3,20,23,27). The van der Waals surface area contributed by atoms with Gasteiger partial charge in [-0.2, -0.15) is 0 Å². The number of nitrogens with zero attached hydrogens (tertiary/aromatic N) is 1. The summed E-state index contributed by atoms with van der Waals surface area (Å²) in [5.74, 6) is -0.0944. The quantitative estimate of drug-likeness (QED) is 0.563. The van der Waals surface area contributed by atoms with Crippen LogP contribution >= 0.6 is 11.6 Å². The molecule has 4 amide bonds. The molecule has 1 aromatic heterocycles. The number of aromatic amines is 1. The fourth-order valence-electron chi connectivity index (χ4n) is 2.93. The van der Waals surface area contributed by atoms with E-state index in [1.54, 1.807) is 23.4 Å². The molecule has 0 unspecified atom stereocenters. The van der Waals surface area contributed by atoms with Crippen molar-refractivity contribution in [2.24, 2.45) is 5.73 Å². The molecule has 1 aromatic carbocycles. The minimum Gasteiger partial charge on any atom is -0.487 e. The van der Waals surface area contributed by atoms with E-state index in [1.165, 1.54) is 12.1 Å². The fraction of sp³-hybridized carbons (Fsp3) is 0.278. The third-order valence-corrected chi connectivity index (χ3v) is 4.42. The highest BCUT2D eigenvalue weighted by Crippen LogP contribution is 2.37. The highest BCUT2D eigenvalue weighted by Gasteiger charge is 2.21. The van der Waals surface area contributed by atoms with Crippen molar-refractivity contribution < 1.29 is 19.1 Å². The predicted molar refractivity (Wildman–Crippen MR) is 105 cm³/mol. The molecule has 28 heavy (non-hydrogen) atoms. The number of benzene rings is 1. The number of primary amides is 1. The van der Waals surface area contributed by atoms with Crippen LogP contribution < -0.4 is 21.1 Å². The van der Waals surface area contributed by atoms with E-state index in [9.17, 15) is 14.4 Å². The van der Waals surface area contributed by atoms with Crippen molar-refractivity contribution in [2.45, 2.75) is 12.8 Å². The average Bonchev–Trinajstić information content (AvgIpc) is 3.28. The third-order valence-electron chi connectivity index (χ3n) is 4.20. The Labute approximate surface area is 166 Å². The number of aromatic nitrogens is 1. The van der Waals surface area contributed by atoms with E-state index in [1.807, 2.05) is 0 Å². The van der Waals surface area contributed by atoms with Crippen LogP contribution in [-0.4, -0.2) is 47.4 Å². The van der Waals surface area contributed by atoms with Crippen LogP contribution in [0.5, 0.6) is 5.75 Å². The molecule has 0 saturated carbocycles. The van der Waals surface area contributed by atoms with Gasteiger partial charge in [-0.3, -0.25) is 9.59 Å². The monoisotopic (exact) mass is 405 g/mol. The second-order valence-electron chi connectivity index (χ2n) is 6.21. The normalized spacial score (nSPS) is 13.5. The molecule has 2 heterocycles. The van der Waals surface area contributed by atoms with Crippen LogP contribution in [0.15, 0.2) is 30.6 Å². The average molecular weight is 406 g/mol. The van der Waals surface area contributed by atoms with E-state index in [0.29, 0.717) is 25.1 Å². The number of nitrogens with two attached hydrogens (primary N) is 1. The molecule has 10 heteroatoms. The number of carbonyl (C=O) groups is 3. The fourth-order valence-corrected chi connectivity index (χ4v) is 3.14. The number of amides is 4. The number of H-pyrrole nitrogens is 1. The van der Waals surface area contributed by atoms with Crippen molar-refractivity contribution in [3.63, 3.8) is 0 Å². The first-order chi connectivity index (χ1) is 13.4. The van der Waals surface area contributed by atoms with Crippen molar-refractivity contribution in [3.8, 4) is 5.75 Å². The van der Waals surface area contributed by atoms with Gasteiger partial charge >= 0.3 is 6.03 Å². The van der Waals surface area contributed by atoms with Gasteiger partial charge in [-0.15, -0.1) is 0 Å². The van der Waals surface area contributed by atoms with E-state index in [0.717, 1.165) is 6.42 Å². The SMILES string of the molecule is NC(=O)Nc1cc(Cl)cc(NC(=O)c2cc[nH]c2)c1OCCN1CCCC1=O. The maximum absolute atomic E-state index is 12.4. The largest absolute Gasteiger partial charge is 0.487 e. The first-order valence-electron chi connectivity index (χ1n) is 8.69. The molecule has 148 valence electrons. The Morgan fingerprint density at radius 2 is 2.04 bits per heavy atom. The van der Waals surface area contributed by atoms with Gasteiger partial charge in [-0.25, -0.2) is 4.79 Å². The number of halogens is 1. The Bertz CT molecular complexity index is 884. The molecular formula is C18H20ClN5O4. The second-order valence-corrected chi connectivity index (χ2v) is 6.64. The second kappa shape index (κ2) is 8.66. The molecule has 0 radical (unpaired) electrons. The lowest BCUT2D eigenvalue weighted by Crippen LogP contribution is -2.29. The third kappa shape index (κ3) is 4.74. The van der Waals surface area contributed by atoms with E-state index in [4.69, 9.17) is 22.1 Å². The van der Waals surface area contributed by atoms with E-state index >= 15 is 0 Å². The zero-order chi connectivity index (χ0) is 20.1. The number of ether oxygens (including phenoxy) is 1. The van der Waals surface area contributed by atoms with Gasteiger partial charge in [0.1, 0.15) is 6.61 Å². The molecule has 3 rings (SSSR count). The maximum atomic E-state index is 12.4. The van der Waals surface area contributed by atoms with Gasteiger partial charge in [0.05, 0.1) is 23.5 Å². The number of nitrogens with one attached hydrogen (secondary N) is 3. The molecule has 1 saturated heterocycles. The van der Waals surface area contributed by atoms with Crippen LogP contribution in [0.4, 0.5) is 16.2 Å². The Balaban J connectivity index is 1.81. The Kier molecular flexibility index (Phi) is 6.05. The van der Waals surface area contributed by atoms with Gasteiger partial charge < -0.3 is 31.0 Å². The van der Waals surface area contributed by atoms with Gasteiger partial charge in [0.2, 0.25) is 5.91 Å². The minimum atomic E-state index is -0.801. The van der Waals surface area contributed by atoms with Crippen molar-refractivity contribution in [3.05, 3.63) is 41.2 Å². The van der Waals surface area contributed by atoms with Gasteiger partial charge in [-0.05, 0) is 24.6 Å². The summed E-state index contributed by atoms with van der Waals surface area (Å²) in [5, 5.41) is 5.43. The first kappa shape index (κ1) is 19.6. The number of urea groups is 1. The van der Waals surface area contributed by atoms with Crippen molar-refractivity contribution in [1.82, 2.24) is 9.88 Å². The molecule has 1 fully saturated rings. The molecule has 0 spiro atoms. The molecule has 1 aliphatic heterocycles. The first-order valence-corrected chi connectivity index (χ1v) is 9.06. The number of rotatable bonds is 7. The number of hydrogen-bond acceptors (Lipinski definition) is 4. The molecule has 5 N–H and O–H groups in total. The molecule has 2 aromatic rings. The summed E-state index contributed by atoms with van der Waals surface area (Å²) in [4.78, 5) is 40.0. The van der Waals surface area contributed by atoms with Crippen molar-refractivity contribution in [1.29, 1.82) is 0 Å². The smallest absolute Gasteiger partial charge is 0.316 e. The van der Waals surface area contributed by atoms with Crippen LogP contribution in [0.1, 0.15) is 23.2 Å². The minimum absolute atomic E-state index is 0.0798. The molecule has 0 bridgehead atoms. The van der Waals surface area contributed by atoms with Crippen LogP contribution in [-0.2, 0) is 4.79 Å². The zero-order valence-electron chi connectivity index (χ0n) is 15.0. The lowest BCUT2D eigenvalue weighted by atomic mass is 10.2. The zero-order valence-corrected chi connectivity index (χ0v) is 15.7. The van der Waals surface area contributed by atoms with Gasteiger partial charge in [0, 0.05) is 30.4 Å². The van der Waals surface area contributed by atoms with Gasteiger partial charge in [0.15, 0.2) is 5.75 Å². The summed E-state index contributed by atoms with van der Waals surface area (Å²) in [6.45, 7) is 1.25. The number of anilines is 2. The van der Waals surface area contributed by atoms with E-state index < -0.39 is 6.03 Å². The topological polar surface area (TPSA) is 130 Å². The van der Waals surface area contributed by atoms with Crippen LogP contribution in [0.25, 0.3) is 0 Å². The van der Waals surface area contributed by atoms with E-state index in [2.05, 4.69) is 15.6 Å². The van der Waals surface area contributed by atoms with Crippen molar-refractivity contribution >= 4 is 40.8 Å². The van der Waals surface area contributed by atoms with Crippen LogP contribution in [0, 0.1) is 0 Å². The summed E-state index contributed by atoms with van der Waals surface area (Å²) < 4.78 is 5.81. The van der Waals surface area contributed by atoms with Gasteiger partial charge in [-0.1, -0.05) is 11.6 Å². The summed E-state index contributed by atoms with van der Waals surface area (Å²) in [5.41, 5.74) is 6.13. The van der Waals surface area contributed by atoms with E-state index in [-0.39, 0.29) is 40.6 Å². The highest BCUT2D eigenvalue weighted by molar-refractivity contribution is 6.31. The van der Waals surface area contributed by atoms with Gasteiger partial charge in [0.25, 0.3) is 5.91 Å². The van der Waals surface area contributed by atoms with Crippen LogP contribution in [0.2, 0.25) is 5.02 Å². The molecule has 0 aliphatic carbocycles. The number of hydrogen-bond donors (Lipinski definition) is 4. The number of carbonyl (C=O) groups excluding carboxylic acids is 3. The Morgan fingerprint density at radius 1 is 1.29 bits per heavy atom. The summed E-state index contributed by atoms with van der Waals surface area (Å²) in [6.07, 6.45) is 4.53. The number of likely N-dealkylation sites (tertiary alicyclic amines) is 1.